The number of fused-ring (bicyclic) bond motifs is 1. The maximum Gasteiger partial charge on any atom is 0.264 e. The monoisotopic (exact) mass is 277 g/mol. The molecule has 0 saturated carbocycles. The predicted molar refractivity (Wildman–Crippen MR) is 72.1 cm³/mol. The van der Waals surface area contributed by atoms with Gasteiger partial charge in [0.15, 0.2) is 0 Å². The van der Waals surface area contributed by atoms with E-state index >= 15 is 0 Å². The second-order valence-electron chi connectivity index (χ2n) is 4.12. The van der Waals surface area contributed by atoms with Crippen molar-refractivity contribution in [3.05, 3.63) is 35.7 Å². The van der Waals surface area contributed by atoms with Gasteiger partial charge in [0, 0.05) is 24.1 Å². The van der Waals surface area contributed by atoms with Crippen LogP contribution in [0.15, 0.2) is 35.1 Å². The minimum atomic E-state index is 0.489. The molecule has 0 saturated heterocycles. The summed E-state index contributed by atoms with van der Waals surface area (Å²) in [4.78, 5) is 0. The van der Waals surface area contributed by atoms with Crippen molar-refractivity contribution < 1.29 is 9.15 Å². The van der Waals surface area contributed by atoms with Crippen LogP contribution in [0.3, 0.4) is 0 Å². The molecule has 0 aliphatic rings. The molecule has 3 rings (SSSR count). The lowest BCUT2D eigenvalue weighted by Gasteiger charge is -2.07. The van der Waals surface area contributed by atoms with Crippen LogP contribution >= 0.6 is 11.6 Å². The van der Waals surface area contributed by atoms with Crippen molar-refractivity contribution in [2.24, 2.45) is 0 Å². The number of benzene rings is 1. The first-order valence-electron chi connectivity index (χ1n) is 5.84. The highest BCUT2D eigenvalue weighted by Crippen LogP contribution is 2.28. The Balaban J connectivity index is 2.19. The summed E-state index contributed by atoms with van der Waals surface area (Å²) in [5, 5.41) is 9.46. The Bertz CT molecular complexity index is 691. The Morgan fingerprint density at radius 2 is 2.26 bits per heavy atom. The van der Waals surface area contributed by atoms with Gasteiger partial charge in [-0.05, 0) is 18.2 Å². The van der Waals surface area contributed by atoms with Gasteiger partial charge >= 0.3 is 0 Å². The molecule has 0 unspecified atom stereocenters. The third-order valence-electron chi connectivity index (χ3n) is 2.96. The zero-order chi connectivity index (χ0) is 13.2. The zero-order valence-electron chi connectivity index (χ0n) is 10.3. The van der Waals surface area contributed by atoms with Crippen LogP contribution in [0.2, 0.25) is 5.02 Å². The average molecular weight is 278 g/mol. The van der Waals surface area contributed by atoms with Gasteiger partial charge < -0.3 is 13.7 Å². The first-order valence-corrected chi connectivity index (χ1v) is 6.21. The van der Waals surface area contributed by atoms with Gasteiger partial charge in [0.2, 0.25) is 6.39 Å². The SMILES string of the molecule is COCCn1c(-c2nnco2)cc2ccc(Cl)cc21. The molecule has 0 aliphatic heterocycles. The fourth-order valence-corrected chi connectivity index (χ4v) is 2.28. The Labute approximate surface area is 114 Å². The number of methoxy groups -OCH3 is 1. The molecule has 2 aromatic heterocycles. The van der Waals surface area contributed by atoms with Crippen LogP contribution in [0.25, 0.3) is 22.5 Å². The maximum absolute atomic E-state index is 6.06. The van der Waals surface area contributed by atoms with Crippen LogP contribution in [0.5, 0.6) is 0 Å². The van der Waals surface area contributed by atoms with E-state index in [0.29, 0.717) is 24.1 Å². The van der Waals surface area contributed by atoms with Crippen molar-refractivity contribution in [2.75, 3.05) is 13.7 Å². The number of ether oxygens (including phenoxy) is 1. The molecule has 0 amide bonds. The third kappa shape index (κ3) is 2.22. The topological polar surface area (TPSA) is 53.1 Å². The molecule has 0 bridgehead atoms. The molecule has 1 aromatic carbocycles. The molecule has 0 N–H and O–H groups in total. The zero-order valence-corrected chi connectivity index (χ0v) is 11.1. The lowest BCUT2D eigenvalue weighted by atomic mass is 10.2. The Morgan fingerprint density at radius 3 is 3.00 bits per heavy atom. The summed E-state index contributed by atoms with van der Waals surface area (Å²) < 4.78 is 12.5. The van der Waals surface area contributed by atoms with E-state index in [-0.39, 0.29) is 0 Å². The summed E-state index contributed by atoms with van der Waals surface area (Å²) in [6.45, 7) is 1.29. The third-order valence-corrected chi connectivity index (χ3v) is 3.20. The fraction of sp³-hybridized carbons (Fsp3) is 0.231. The molecule has 0 radical (unpaired) electrons. The van der Waals surface area contributed by atoms with E-state index in [9.17, 15) is 0 Å². The second-order valence-corrected chi connectivity index (χ2v) is 4.56. The molecule has 6 heteroatoms. The minimum Gasteiger partial charge on any atom is -0.422 e. The maximum atomic E-state index is 6.06. The van der Waals surface area contributed by atoms with Gasteiger partial charge in [0.25, 0.3) is 5.89 Å². The highest BCUT2D eigenvalue weighted by molar-refractivity contribution is 6.31. The smallest absolute Gasteiger partial charge is 0.264 e. The highest BCUT2D eigenvalue weighted by atomic mass is 35.5. The van der Waals surface area contributed by atoms with Crippen LogP contribution in [0, 0.1) is 0 Å². The molecule has 0 aliphatic carbocycles. The Hall–Kier alpha value is -1.85. The number of nitrogens with zero attached hydrogens (tertiary/aromatic N) is 3. The van der Waals surface area contributed by atoms with Crippen LogP contribution in [0.1, 0.15) is 0 Å². The van der Waals surface area contributed by atoms with Crippen molar-refractivity contribution in [1.29, 1.82) is 0 Å². The quantitative estimate of drug-likeness (QED) is 0.736. The van der Waals surface area contributed by atoms with Crippen molar-refractivity contribution in [3.8, 4) is 11.6 Å². The number of rotatable bonds is 4. The highest BCUT2D eigenvalue weighted by Gasteiger charge is 2.14. The van der Waals surface area contributed by atoms with Gasteiger partial charge in [0.05, 0.1) is 12.1 Å². The number of aromatic nitrogens is 3. The largest absolute Gasteiger partial charge is 0.422 e. The molecule has 0 atom stereocenters. The molecule has 3 aromatic rings. The van der Waals surface area contributed by atoms with Crippen molar-refractivity contribution in [2.45, 2.75) is 6.54 Å². The average Bonchev–Trinajstić information content (AvgIpc) is 3.03. The Morgan fingerprint density at radius 1 is 1.37 bits per heavy atom. The van der Waals surface area contributed by atoms with Crippen molar-refractivity contribution >= 4 is 22.5 Å². The van der Waals surface area contributed by atoms with Crippen LogP contribution in [-0.2, 0) is 11.3 Å². The summed E-state index contributed by atoms with van der Waals surface area (Å²) in [6, 6.07) is 7.77. The standard InChI is InChI=1S/C13H12ClN3O2/c1-18-5-4-17-11-7-10(14)3-2-9(11)6-12(17)13-16-15-8-19-13/h2-3,6-8H,4-5H2,1H3. The fourth-order valence-electron chi connectivity index (χ4n) is 2.11. The van der Waals surface area contributed by atoms with Gasteiger partial charge in [-0.15, -0.1) is 10.2 Å². The van der Waals surface area contributed by atoms with E-state index in [1.54, 1.807) is 7.11 Å². The number of hydrogen-bond acceptors (Lipinski definition) is 4. The molecular weight excluding hydrogens is 266 g/mol. The lowest BCUT2D eigenvalue weighted by Crippen LogP contribution is -2.05. The summed E-state index contributed by atoms with van der Waals surface area (Å²) in [5.74, 6) is 0.489. The Kier molecular flexibility index (Phi) is 3.23. The van der Waals surface area contributed by atoms with Gasteiger partial charge in [-0.1, -0.05) is 17.7 Å². The molecule has 0 spiro atoms. The summed E-state index contributed by atoms with van der Waals surface area (Å²) in [6.07, 6.45) is 1.32. The molecule has 5 nitrogen and oxygen atoms in total. The van der Waals surface area contributed by atoms with Crippen molar-refractivity contribution in [3.63, 3.8) is 0 Å². The van der Waals surface area contributed by atoms with E-state index in [2.05, 4.69) is 14.8 Å². The van der Waals surface area contributed by atoms with Gasteiger partial charge in [0.1, 0.15) is 5.69 Å². The van der Waals surface area contributed by atoms with Crippen molar-refractivity contribution in [1.82, 2.24) is 14.8 Å². The lowest BCUT2D eigenvalue weighted by molar-refractivity contribution is 0.188. The molecule has 2 heterocycles. The van der Waals surface area contributed by atoms with E-state index < -0.39 is 0 Å². The second kappa shape index (κ2) is 5.03. The van der Waals surface area contributed by atoms with Crippen LogP contribution < -0.4 is 0 Å². The van der Waals surface area contributed by atoms with Crippen LogP contribution in [-0.4, -0.2) is 28.5 Å². The number of halogens is 1. The van der Waals surface area contributed by atoms with E-state index in [4.69, 9.17) is 20.8 Å². The molecule has 19 heavy (non-hydrogen) atoms. The van der Waals surface area contributed by atoms with Gasteiger partial charge in [-0.2, -0.15) is 0 Å². The van der Waals surface area contributed by atoms with E-state index in [1.807, 2.05) is 24.3 Å². The summed E-state index contributed by atoms with van der Waals surface area (Å²) in [5.41, 5.74) is 1.89. The van der Waals surface area contributed by atoms with E-state index in [0.717, 1.165) is 16.6 Å². The minimum absolute atomic E-state index is 0.489. The number of hydrogen-bond donors (Lipinski definition) is 0. The molecule has 98 valence electrons. The summed E-state index contributed by atoms with van der Waals surface area (Å²) in [7, 11) is 1.67. The first-order chi connectivity index (χ1) is 9.29. The summed E-state index contributed by atoms with van der Waals surface area (Å²) >= 11 is 6.06. The molecular formula is C13H12ClN3O2. The predicted octanol–water partition coefficient (Wildman–Crippen LogP) is 2.99. The molecule has 0 fully saturated rings. The van der Waals surface area contributed by atoms with Crippen LogP contribution in [0.4, 0.5) is 0 Å². The van der Waals surface area contributed by atoms with E-state index in [1.165, 1.54) is 6.39 Å². The first kappa shape index (κ1) is 12.2. The van der Waals surface area contributed by atoms with Gasteiger partial charge in [-0.3, -0.25) is 0 Å². The normalized spacial score (nSPS) is 11.3. The van der Waals surface area contributed by atoms with Gasteiger partial charge in [-0.25, -0.2) is 0 Å².